The van der Waals surface area contributed by atoms with Crippen molar-refractivity contribution >= 4 is 16.3 Å². The molecule has 1 heterocycles. The van der Waals surface area contributed by atoms with Crippen molar-refractivity contribution in [1.29, 1.82) is 0 Å². The summed E-state index contributed by atoms with van der Waals surface area (Å²) in [6.07, 6.45) is 8.79. The smallest absolute Gasteiger partial charge is 0.161 e. The van der Waals surface area contributed by atoms with Gasteiger partial charge in [0.2, 0.25) is 0 Å². The minimum atomic E-state index is 0.736. The number of rotatable bonds is 3. The predicted molar refractivity (Wildman–Crippen MR) is 97.3 cm³/mol. The highest BCUT2D eigenvalue weighted by molar-refractivity contribution is 5.90. The normalized spacial score (nSPS) is 13.2. The summed E-state index contributed by atoms with van der Waals surface area (Å²) >= 11 is 0. The predicted octanol–water partition coefficient (Wildman–Crippen LogP) is 5.32. The van der Waals surface area contributed by atoms with E-state index in [1.165, 1.54) is 5.57 Å². The Morgan fingerprint density at radius 2 is 1.65 bits per heavy atom. The van der Waals surface area contributed by atoms with Crippen LogP contribution in [0.25, 0.3) is 16.3 Å². The number of hydrogen-bond acceptors (Lipinski definition) is 3. The van der Waals surface area contributed by atoms with E-state index in [1.807, 2.05) is 32.9 Å². The molecule has 0 amide bonds. The third-order valence-electron chi connectivity index (χ3n) is 3.82. The fraction of sp³-hybridized carbons (Fsp3) is 0.350. The second kappa shape index (κ2) is 7.82. The van der Waals surface area contributed by atoms with Gasteiger partial charge in [-0.05, 0) is 48.9 Å². The summed E-state index contributed by atoms with van der Waals surface area (Å²) in [6.45, 7) is 6.03. The van der Waals surface area contributed by atoms with E-state index in [2.05, 4.69) is 24.3 Å². The molecule has 0 atom stereocenters. The van der Waals surface area contributed by atoms with Crippen LogP contribution in [0.3, 0.4) is 0 Å². The molecule has 0 bridgehead atoms. The number of allylic oxidation sites excluding steroid dienone is 4. The molecule has 3 rings (SSSR count). The van der Waals surface area contributed by atoms with E-state index in [9.17, 15) is 0 Å². The Morgan fingerprint density at radius 3 is 2.26 bits per heavy atom. The summed E-state index contributed by atoms with van der Waals surface area (Å²) in [5.74, 6) is 1.48. The van der Waals surface area contributed by atoms with Crippen LogP contribution in [0.5, 0.6) is 11.5 Å². The standard InChI is InChI=1S/C18H19NO2.C2H6/c1-12-15-11-18(21-3)17(20-2)10-14(15)9-16(19-12)13-7-5-4-6-8-13;1-2/h5,7-11H,4,6H2,1-3H3;1-2H3. The van der Waals surface area contributed by atoms with Crippen LogP contribution in [-0.2, 0) is 0 Å². The summed E-state index contributed by atoms with van der Waals surface area (Å²) < 4.78 is 10.8. The molecule has 3 nitrogen and oxygen atoms in total. The highest BCUT2D eigenvalue weighted by Gasteiger charge is 2.11. The Balaban J connectivity index is 0.000000924. The molecule has 0 N–H and O–H groups in total. The minimum Gasteiger partial charge on any atom is -0.493 e. The quantitative estimate of drug-likeness (QED) is 0.768. The molecule has 0 fully saturated rings. The molecule has 1 aromatic carbocycles. The van der Waals surface area contributed by atoms with E-state index in [-0.39, 0.29) is 0 Å². The van der Waals surface area contributed by atoms with Crippen molar-refractivity contribution in [3.8, 4) is 11.5 Å². The number of benzene rings is 1. The van der Waals surface area contributed by atoms with E-state index in [0.29, 0.717) is 0 Å². The van der Waals surface area contributed by atoms with Crippen LogP contribution in [0.15, 0.2) is 36.4 Å². The molecule has 1 aliphatic carbocycles. The first-order chi connectivity index (χ1) is 11.2. The third kappa shape index (κ3) is 3.55. The zero-order chi connectivity index (χ0) is 16.8. The van der Waals surface area contributed by atoms with Gasteiger partial charge in [0.15, 0.2) is 11.5 Å². The molecule has 1 aliphatic rings. The molecule has 0 spiro atoms. The molecule has 0 saturated heterocycles. The molecule has 0 aliphatic heterocycles. The maximum atomic E-state index is 5.40. The molecule has 23 heavy (non-hydrogen) atoms. The summed E-state index contributed by atoms with van der Waals surface area (Å²) in [4.78, 5) is 4.74. The number of ether oxygens (including phenoxy) is 2. The molecular formula is C20H25NO2. The largest absolute Gasteiger partial charge is 0.493 e. The summed E-state index contributed by atoms with van der Waals surface area (Å²) in [5.41, 5.74) is 3.22. The number of fused-ring (bicyclic) bond motifs is 1. The zero-order valence-corrected chi connectivity index (χ0v) is 14.6. The Bertz CT molecular complexity index is 745. The maximum Gasteiger partial charge on any atom is 0.161 e. The van der Waals surface area contributed by atoms with E-state index in [4.69, 9.17) is 14.5 Å². The first kappa shape index (κ1) is 17.1. The van der Waals surface area contributed by atoms with Gasteiger partial charge in [-0.25, -0.2) is 0 Å². The van der Waals surface area contributed by atoms with E-state index < -0.39 is 0 Å². The van der Waals surface area contributed by atoms with Gasteiger partial charge < -0.3 is 9.47 Å². The highest BCUT2D eigenvalue weighted by atomic mass is 16.5. The van der Waals surface area contributed by atoms with Gasteiger partial charge in [0.25, 0.3) is 0 Å². The molecule has 1 aromatic heterocycles. The topological polar surface area (TPSA) is 31.4 Å². The van der Waals surface area contributed by atoms with Crippen molar-refractivity contribution in [2.75, 3.05) is 14.2 Å². The van der Waals surface area contributed by atoms with Crippen LogP contribution in [0, 0.1) is 6.92 Å². The number of aromatic nitrogens is 1. The number of aryl methyl sites for hydroxylation is 1. The summed E-state index contributed by atoms with van der Waals surface area (Å²) in [6, 6.07) is 6.12. The fourth-order valence-corrected chi connectivity index (χ4v) is 2.70. The lowest BCUT2D eigenvalue weighted by molar-refractivity contribution is 0.356. The number of hydrogen-bond donors (Lipinski definition) is 0. The Morgan fingerprint density at radius 1 is 0.957 bits per heavy atom. The lowest BCUT2D eigenvalue weighted by Gasteiger charge is -2.13. The molecule has 0 radical (unpaired) electrons. The Labute approximate surface area is 138 Å². The van der Waals surface area contributed by atoms with Crippen molar-refractivity contribution in [3.63, 3.8) is 0 Å². The van der Waals surface area contributed by atoms with Gasteiger partial charge in [0, 0.05) is 11.1 Å². The first-order valence-corrected chi connectivity index (χ1v) is 8.13. The van der Waals surface area contributed by atoms with E-state index in [1.54, 1.807) is 14.2 Å². The highest BCUT2D eigenvalue weighted by Crippen LogP contribution is 2.34. The van der Waals surface area contributed by atoms with Gasteiger partial charge in [-0.1, -0.05) is 32.1 Å². The van der Waals surface area contributed by atoms with Crippen molar-refractivity contribution in [3.05, 3.63) is 47.8 Å². The number of pyridine rings is 1. The van der Waals surface area contributed by atoms with Gasteiger partial charge >= 0.3 is 0 Å². The molecule has 3 heteroatoms. The van der Waals surface area contributed by atoms with Crippen LogP contribution < -0.4 is 9.47 Å². The average Bonchev–Trinajstić information content (AvgIpc) is 2.63. The minimum absolute atomic E-state index is 0.736. The van der Waals surface area contributed by atoms with Crippen molar-refractivity contribution < 1.29 is 9.47 Å². The maximum absolute atomic E-state index is 5.40. The fourth-order valence-electron chi connectivity index (χ4n) is 2.70. The lowest BCUT2D eigenvalue weighted by atomic mass is 10.0. The molecular weight excluding hydrogens is 286 g/mol. The van der Waals surface area contributed by atoms with Crippen molar-refractivity contribution in [2.24, 2.45) is 0 Å². The van der Waals surface area contributed by atoms with E-state index in [0.717, 1.165) is 46.5 Å². The van der Waals surface area contributed by atoms with Gasteiger partial charge in [-0.3, -0.25) is 4.98 Å². The van der Waals surface area contributed by atoms with Gasteiger partial charge in [0.05, 0.1) is 19.9 Å². The van der Waals surface area contributed by atoms with Gasteiger partial charge in [-0.15, -0.1) is 0 Å². The SMILES string of the molecule is CC.COc1cc2cc(C3=CCCC=C3)nc(C)c2cc1OC. The molecule has 0 unspecified atom stereocenters. The van der Waals surface area contributed by atoms with Crippen molar-refractivity contribution in [2.45, 2.75) is 33.6 Å². The van der Waals surface area contributed by atoms with Crippen LogP contribution in [0.1, 0.15) is 38.1 Å². The van der Waals surface area contributed by atoms with Crippen molar-refractivity contribution in [1.82, 2.24) is 4.98 Å². The monoisotopic (exact) mass is 311 g/mol. The van der Waals surface area contributed by atoms with Crippen LogP contribution in [-0.4, -0.2) is 19.2 Å². The summed E-state index contributed by atoms with van der Waals surface area (Å²) in [5, 5.41) is 2.21. The molecule has 0 saturated carbocycles. The van der Waals surface area contributed by atoms with Gasteiger partial charge in [-0.2, -0.15) is 0 Å². The van der Waals surface area contributed by atoms with Gasteiger partial charge in [0.1, 0.15) is 0 Å². The number of methoxy groups -OCH3 is 2. The Kier molecular flexibility index (Phi) is 5.80. The van der Waals surface area contributed by atoms with Crippen LogP contribution in [0.2, 0.25) is 0 Å². The molecule has 2 aromatic rings. The first-order valence-electron chi connectivity index (χ1n) is 8.13. The van der Waals surface area contributed by atoms with E-state index >= 15 is 0 Å². The molecule has 122 valence electrons. The number of nitrogens with zero attached hydrogens (tertiary/aromatic N) is 1. The second-order valence-electron chi connectivity index (χ2n) is 5.16. The zero-order valence-electron chi connectivity index (χ0n) is 14.6. The lowest BCUT2D eigenvalue weighted by Crippen LogP contribution is -1.96. The second-order valence-corrected chi connectivity index (χ2v) is 5.16. The summed E-state index contributed by atoms with van der Waals surface area (Å²) in [7, 11) is 3.31. The van der Waals surface area contributed by atoms with Crippen LogP contribution in [0.4, 0.5) is 0 Å². The Hall–Kier alpha value is -2.29. The van der Waals surface area contributed by atoms with Crippen LogP contribution >= 0.6 is 0 Å². The third-order valence-corrected chi connectivity index (χ3v) is 3.82. The average molecular weight is 311 g/mol.